The van der Waals surface area contributed by atoms with E-state index in [1.54, 1.807) is 19.1 Å². The molecule has 0 unspecified atom stereocenters. The number of anilines is 1. The maximum absolute atomic E-state index is 11.7. The van der Waals surface area contributed by atoms with Gasteiger partial charge in [0.15, 0.2) is 0 Å². The lowest BCUT2D eigenvalue weighted by Crippen LogP contribution is -2.20. The molecule has 1 heterocycles. The van der Waals surface area contributed by atoms with Gasteiger partial charge in [-0.1, -0.05) is 0 Å². The van der Waals surface area contributed by atoms with Crippen molar-refractivity contribution in [1.29, 1.82) is 0 Å². The zero-order valence-corrected chi connectivity index (χ0v) is 9.50. The Morgan fingerprint density at radius 2 is 2.38 bits per heavy atom. The molecule has 0 radical (unpaired) electrons. The van der Waals surface area contributed by atoms with Crippen molar-refractivity contribution in [2.45, 2.75) is 13.8 Å². The van der Waals surface area contributed by atoms with E-state index in [2.05, 4.69) is 5.32 Å². The fourth-order valence-corrected chi connectivity index (χ4v) is 1.79. The van der Waals surface area contributed by atoms with E-state index in [0.29, 0.717) is 18.8 Å². The van der Waals surface area contributed by atoms with Gasteiger partial charge in [-0.25, -0.2) is 4.79 Å². The molecule has 0 aromatic heterocycles. The zero-order valence-electron chi connectivity index (χ0n) is 9.50. The van der Waals surface area contributed by atoms with E-state index < -0.39 is 0 Å². The van der Waals surface area contributed by atoms with Crippen LogP contribution in [0.15, 0.2) is 12.1 Å². The van der Waals surface area contributed by atoms with E-state index in [1.165, 1.54) is 0 Å². The molecule has 16 heavy (non-hydrogen) atoms. The highest BCUT2D eigenvalue weighted by molar-refractivity contribution is 5.93. The smallest absolute Gasteiger partial charge is 0.338 e. The van der Waals surface area contributed by atoms with Crippen LogP contribution in [0.3, 0.4) is 0 Å². The normalized spacial score (nSPS) is 13.4. The van der Waals surface area contributed by atoms with Crippen molar-refractivity contribution in [3.05, 3.63) is 23.3 Å². The largest absolute Gasteiger partial charge is 0.490 e. The topological polar surface area (TPSA) is 47.6 Å². The highest BCUT2D eigenvalue weighted by Crippen LogP contribution is 2.32. The van der Waals surface area contributed by atoms with Crippen LogP contribution in [0.5, 0.6) is 5.75 Å². The molecular weight excluding hydrogens is 206 g/mol. The van der Waals surface area contributed by atoms with Crippen molar-refractivity contribution in [3.8, 4) is 5.75 Å². The van der Waals surface area contributed by atoms with Crippen molar-refractivity contribution in [2.75, 3.05) is 25.1 Å². The monoisotopic (exact) mass is 221 g/mol. The van der Waals surface area contributed by atoms with E-state index in [0.717, 1.165) is 23.5 Å². The Balaban J connectivity index is 2.37. The summed E-state index contributed by atoms with van der Waals surface area (Å²) in [5.74, 6) is 0.520. The molecule has 4 nitrogen and oxygen atoms in total. The van der Waals surface area contributed by atoms with Crippen LogP contribution in [-0.4, -0.2) is 25.7 Å². The van der Waals surface area contributed by atoms with Crippen molar-refractivity contribution >= 4 is 11.7 Å². The molecule has 86 valence electrons. The summed E-state index contributed by atoms with van der Waals surface area (Å²) in [6.45, 7) is 5.50. The second-order valence-corrected chi connectivity index (χ2v) is 3.61. The molecule has 0 aliphatic carbocycles. The molecule has 1 aromatic carbocycles. The molecular formula is C12H15NO3. The summed E-state index contributed by atoms with van der Waals surface area (Å²) in [6.07, 6.45) is 0. The maximum atomic E-state index is 11.7. The third-order valence-electron chi connectivity index (χ3n) is 2.58. The second-order valence-electron chi connectivity index (χ2n) is 3.61. The molecule has 2 rings (SSSR count). The first kappa shape index (κ1) is 10.8. The highest BCUT2D eigenvalue weighted by Gasteiger charge is 2.18. The van der Waals surface area contributed by atoms with Crippen molar-refractivity contribution in [2.24, 2.45) is 0 Å². The van der Waals surface area contributed by atoms with E-state index in [1.807, 2.05) is 6.92 Å². The first-order valence-corrected chi connectivity index (χ1v) is 5.41. The molecule has 0 amide bonds. The summed E-state index contributed by atoms with van der Waals surface area (Å²) in [6, 6.07) is 3.56. The van der Waals surface area contributed by atoms with Gasteiger partial charge in [-0.2, -0.15) is 0 Å². The first-order valence-electron chi connectivity index (χ1n) is 5.41. The lowest BCUT2D eigenvalue weighted by molar-refractivity contribution is 0.0525. The quantitative estimate of drug-likeness (QED) is 0.776. The molecule has 0 saturated heterocycles. The fraction of sp³-hybridized carbons (Fsp3) is 0.417. The summed E-state index contributed by atoms with van der Waals surface area (Å²) in [5.41, 5.74) is 2.38. The van der Waals surface area contributed by atoms with E-state index in [4.69, 9.17) is 9.47 Å². The van der Waals surface area contributed by atoms with Gasteiger partial charge in [0.25, 0.3) is 0 Å². The van der Waals surface area contributed by atoms with Crippen molar-refractivity contribution in [1.82, 2.24) is 0 Å². The molecule has 1 aliphatic heterocycles. The number of carbonyl (C=O) groups is 1. The van der Waals surface area contributed by atoms with Crippen LogP contribution in [0.25, 0.3) is 0 Å². The minimum absolute atomic E-state index is 0.282. The minimum Gasteiger partial charge on any atom is -0.490 e. The Morgan fingerprint density at radius 3 is 3.12 bits per heavy atom. The standard InChI is InChI=1S/C12H15NO3/c1-3-15-12(14)9-4-5-10-11(8(9)2)13-6-7-16-10/h4-5,13H,3,6-7H2,1-2H3. The van der Waals surface area contributed by atoms with Gasteiger partial charge in [-0.15, -0.1) is 0 Å². The number of fused-ring (bicyclic) bond motifs is 1. The Morgan fingerprint density at radius 1 is 1.56 bits per heavy atom. The summed E-state index contributed by atoms with van der Waals surface area (Å²) in [5, 5.41) is 3.24. The van der Waals surface area contributed by atoms with Gasteiger partial charge in [0, 0.05) is 6.54 Å². The molecule has 1 aliphatic rings. The molecule has 1 aromatic rings. The lowest BCUT2D eigenvalue weighted by atomic mass is 10.1. The van der Waals surface area contributed by atoms with Gasteiger partial charge < -0.3 is 14.8 Å². The van der Waals surface area contributed by atoms with Crippen LogP contribution >= 0.6 is 0 Å². The SMILES string of the molecule is CCOC(=O)c1ccc2c(c1C)NCCO2. The molecule has 0 fully saturated rings. The molecule has 0 saturated carbocycles. The van der Waals surface area contributed by atoms with Crippen LogP contribution in [-0.2, 0) is 4.74 Å². The van der Waals surface area contributed by atoms with Gasteiger partial charge in [0.05, 0.1) is 17.9 Å². The molecule has 0 atom stereocenters. The fourth-order valence-electron chi connectivity index (χ4n) is 1.79. The van der Waals surface area contributed by atoms with Gasteiger partial charge in [-0.3, -0.25) is 0 Å². The van der Waals surface area contributed by atoms with Gasteiger partial charge >= 0.3 is 5.97 Å². The van der Waals surface area contributed by atoms with Crippen LogP contribution in [0.2, 0.25) is 0 Å². The Kier molecular flexibility index (Phi) is 2.99. The first-order chi connectivity index (χ1) is 7.74. The number of ether oxygens (including phenoxy) is 2. The summed E-state index contributed by atoms with van der Waals surface area (Å²) < 4.78 is 10.5. The number of esters is 1. The highest BCUT2D eigenvalue weighted by atomic mass is 16.5. The Bertz CT molecular complexity index is 415. The van der Waals surface area contributed by atoms with Crippen molar-refractivity contribution in [3.63, 3.8) is 0 Å². The average Bonchev–Trinajstić information content (AvgIpc) is 2.30. The summed E-state index contributed by atoms with van der Waals surface area (Å²) in [4.78, 5) is 11.7. The van der Waals surface area contributed by atoms with Crippen LogP contribution in [0.4, 0.5) is 5.69 Å². The minimum atomic E-state index is -0.282. The maximum Gasteiger partial charge on any atom is 0.338 e. The van der Waals surface area contributed by atoms with Crippen LogP contribution in [0.1, 0.15) is 22.8 Å². The molecule has 0 bridgehead atoms. The zero-order chi connectivity index (χ0) is 11.5. The predicted molar refractivity (Wildman–Crippen MR) is 61.1 cm³/mol. The number of benzene rings is 1. The third-order valence-corrected chi connectivity index (χ3v) is 2.58. The number of hydrogen-bond acceptors (Lipinski definition) is 4. The van der Waals surface area contributed by atoms with Gasteiger partial charge in [-0.05, 0) is 31.5 Å². The Labute approximate surface area is 94.6 Å². The van der Waals surface area contributed by atoms with E-state index in [9.17, 15) is 4.79 Å². The Hall–Kier alpha value is -1.71. The van der Waals surface area contributed by atoms with Crippen molar-refractivity contribution < 1.29 is 14.3 Å². The molecule has 1 N–H and O–H groups in total. The lowest BCUT2D eigenvalue weighted by Gasteiger charge is -2.22. The molecule has 0 spiro atoms. The second kappa shape index (κ2) is 4.43. The van der Waals surface area contributed by atoms with E-state index in [-0.39, 0.29) is 5.97 Å². The molecule has 4 heteroatoms. The van der Waals surface area contributed by atoms with Crippen LogP contribution in [0, 0.1) is 6.92 Å². The van der Waals surface area contributed by atoms with E-state index >= 15 is 0 Å². The predicted octanol–water partition coefficient (Wildman–Crippen LogP) is 1.98. The third kappa shape index (κ3) is 1.83. The average molecular weight is 221 g/mol. The number of carbonyl (C=O) groups excluding carboxylic acids is 1. The van der Waals surface area contributed by atoms with Gasteiger partial charge in [0.2, 0.25) is 0 Å². The van der Waals surface area contributed by atoms with Gasteiger partial charge in [0.1, 0.15) is 12.4 Å². The van der Waals surface area contributed by atoms with Crippen LogP contribution < -0.4 is 10.1 Å². The summed E-state index contributed by atoms with van der Waals surface area (Å²) in [7, 11) is 0. The summed E-state index contributed by atoms with van der Waals surface area (Å²) >= 11 is 0. The number of nitrogens with one attached hydrogen (secondary N) is 1. The number of hydrogen-bond donors (Lipinski definition) is 1. The number of rotatable bonds is 2.